The summed E-state index contributed by atoms with van der Waals surface area (Å²) in [7, 11) is 0. The minimum Gasteiger partial charge on any atom is -0.298 e. The maximum atomic E-state index is 11.8. The highest BCUT2D eigenvalue weighted by atomic mass is 16.1. The number of nitrogens with zero attached hydrogens (tertiary/aromatic N) is 3. The molecule has 0 atom stereocenters. The van der Waals surface area contributed by atoms with E-state index < -0.39 is 0 Å². The fourth-order valence-corrected chi connectivity index (χ4v) is 1.34. The zero-order valence-corrected chi connectivity index (χ0v) is 8.17. The second-order valence-corrected chi connectivity index (χ2v) is 3.27. The van der Waals surface area contributed by atoms with E-state index in [2.05, 4.69) is 10.3 Å². The highest BCUT2D eigenvalue weighted by molar-refractivity contribution is 5.78. The molecule has 2 rings (SSSR count). The van der Waals surface area contributed by atoms with Crippen LogP contribution < -0.4 is 5.56 Å². The Balaban J connectivity index is 2.65. The topological polar surface area (TPSA) is 64.8 Å². The molecule has 0 radical (unpaired) electrons. The average Bonchev–Trinajstić information content (AvgIpc) is 2.22. The largest absolute Gasteiger partial charge is 0.298 e. The van der Waals surface area contributed by atoms with Crippen molar-refractivity contribution in [3.8, 4) is 0 Å². The zero-order chi connectivity index (χ0) is 10.8. The summed E-state index contributed by atoms with van der Waals surface area (Å²) in [6.45, 7) is 1.37. The highest BCUT2D eigenvalue weighted by Crippen LogP contribution is 2.02. The number of hydrogen-bond acceptors (Lipinski definition) is 4. The van der Waals surface area contributed by atoms with Crippen LogP contribution >= 0.6 is 0 Å². The maximum absolute atomic E-state index is 11.8. The summed E-state index contributed by atoms with van der Waals surface area (Å²) >= 11 is 0. The number of Topliss-reactive ketones (excluding diaryl/α,β-unsaturated/α-hetero) is 1. The molecule has 1 aromatic carbocycles. The first kappa shape index (κ1) is 9.51. The Labute approximate surface area is 85.3 Å². The van der Waals surface area contributed by atoms with Gasteiger partial charge in [-0.1, -0.05) is 17.3 Å². The minimum atomic E-state index is -0.282. The predicted molar refractivity (Wildman–Crippen MR) is 54.5 cm³/mol. The van der Waals surface area contributed by atoms with Crippen LogP contribution in [0, 0.1) is 0 Å². The Kier molecular flexibility index (Phi) is 2.29. The van der Waals surface area contributed by atoms with Crippen LogP contribution in [-0.4, -0.2) is 20.8 Å². The summed E-state index contributed by atoms with van der Waals surface area (Å²) in [4.78, 5) is 22.6. The van der Waals surface area contributed by atoms with Crippen LogP contribution in [0.1, 0.15) is 6.92 Å². The summed E-state index contributed by atoms with van der Waals surface area (Å²) in [5.41, 5.74) is 0.262. The van der Waals surface area contributed by atoms with Crippen molar-refractivity contribution >= 4 is 16.7 Å². The molecule has 0 unspecified atom stereocenters. The van der Waals surface area contributed by atoms with E-state index in [4.69, 9.17) is 0 Å². The van der Waals surface area contributed by atoms with E-state index >= 15 is 0 Å². The van der Waals surface area contributed by atoms with Crippen molar-refractivity contribution in [2.75, 3.05) is 0 Å². The van der Waals surface area contributed by atoms with Gasteiger partial charge in [-0.25, -0.2) is 4.68 Å². The number of rotatable bonds is 2. The average molecular weight is 203 g/mol. The highest BCUT2D eigenvalue weighted by Gasteiger charge is 2.05. The van der Waals surface area contributed by atoms with Gasteiger partial charge < -0.3 is 0 Å². The van der Waals surface area contributed by atoms with Crippen LogP contribution in [0.5, 0.6) is 0 Å². The molecule has 0 amide bonds. The van der Waals surface area contributed by atoms with Crippen molar-refractivity contribution in [2.24, 2.45) is 0 Å². The Bertz CT molecular complexity index is 574. The quantitative estimate of drug-likeness (QED) is 0.707. The monoisotopic (exact) mass is 203 g/mol. The van der Waals surface area contributed by atoms with Crippen molar-refractivity contribution in [3.05, 3.63) is 34.6 Å². The van der Waals surface area contributed by atoms with Gasteiger partial charge in [-0.3, -0.25) is 9.59 Å². The molecule has 1 aromatic heterocycles. The van der Waals surface area contributed by atoms with Crippen molar-refractivity contribution < 1.29 is 4.79 Å². The van der Waals surface area contributed by atoms with Gasteiger partial charge in [-0.2, -0.15) is 0 Å². The second kappa shape index (κ2) is 3.61. The molecule has 0 saturated carbocycles. The van der Waals surface area contributed by atoms with E-state index in [9.17, 15) is 9.59 Å². The number of fused-ring (bicyclic) bond motifs is 1. The summed E-state index contributed by atoms with van der Waals surface area (Å²) in [5, 5.41) is 8.02. The van der Waals surface area contributed by atoms with E-state index in [1.807, 2.05) is 0 Å². The lowest BCUT2D eigenvalue weighted by Gasteiger charge is -2.01. The van der Waals surface area contributed by atoms with Crippen molar-refractivity contribution in [2.45, 2.75) is 13.5 Å². The van der Waals surface area contributed by atoms with E-state index in [0.29, 0.717) is 10.9 Å². The Morgan fingerprint density at radius 3 is 2.87 bits per heavy atom. The van der Waals surface area contributed by atoms with Crippen molar-refractivity contribution in [1.82, 2.24) is 15.0 Å². The molecule has 0 aliphatic rings. The zero-order valence-electron chi connectivity index (χ0n) is 8.17. The summed E-state index contributed by atoms with van der Waals surface area (Å²) in [6.07, 6.45) is 0. The third kappa shape index (κ3) is 1.76. The number of benzene rings is 1. The second-order valence-electron chi connectivity index (χ2n) is 3.27. The molecule has 76 valence electrons. The van der Waals surface area contributed by atoms with Crippen molar-refractivity contribution in [1.29, 1.82) is 0 Å². The van der Waals surface area contributed by atoms with E-state index in [1.165, 1.54) is 6.92 Å². The summed E-state index contributed by atoms with van der Waals surface area (Å²) in [5.74, 6) is -0.123. The Morgan fingerprint density at radius 2 is 2.13 bits per heavy atom. The standard InChI is InChI=1S/C10H9N3O2/c1-7(14)6-13-10(15)8-4-2-3-5-9(8)11-12-13/h2-5H,6H2,1H3. The molecule has 0 saturated heterocycles. The molecule has 0 N–H and O–H groups in total. The number of carbonyl (C=O) groups is 1. The van der Waals surface area contributed by atoms with Crippen LogP contribution in [0.4, 0.5) is 0 Å². The summed E-state index contributed by atoms with van der Waals surface area (Å²) in [6, 6.07) is 6.92. The molecule has 15 heavy (non-hydrogen) atoms. The number of ketones is 1. The molecular formula is C10H9N3O2. The molecule has 2 aromatic rings. The van der Waals surface area contributed by atoms with E-state index in [-0.39, 0.29) is 17.9 Å². The minimum absolute atomic E-state index is 0.0311. The molecular weight excluding hydrogens is 194 g/mol. The van der Waals surface area contributed by atoms with Gasteiger partial charge in [0.05, 0.1) is 5.39 Å². The molecule has 0 spiro atoms. The van der Waals surface area contributed by atoms with Gasteiger partial charge in [0, 0.05) is 0 Å². The molecule has 0 fully saturated rings. The van der Waals surface area contributed by atoms with Gasteiger partial charge >= 0.3 is 0 Å². The molecule has 5 nitrogen and oxygen atoms in total. The lowest BCUT2D eigenvalue weighted by atomic mass is 10.2. The van der Waals surface area contributed by atoms with Gasteiger partial charge in [-0.05, 0) is 19.1 Å². The molecule has 1 heterocycles. The van der Waals surface area contributed by atoms with E-state index in [1.54, 1.807) is 24.3 Å². The van der Waals surface area contributed by atoms with Crippen LogP contribution in [0.25, 0.3) is 10.9 Å². The number of hydrogen-bond donors (Lipinski definition) is 0. The van der Waals surface area contributed by atoms with Crippen LogP contribution in [-0.2, 0) is 11.3 Å². The maximum Gasteiger partial charge on any atom is 0.278 e. The fourth-order valence-electron chi connectivity index (χ4n) is 1.34. The van der Waals surface area contributed by atoms with Crippen LogP contribution in [0.3, 0.4) is 0 Å². The first-order valence-corrected chi connectivity index (χ1v) is 4.50. The predicted octanol–water partition coefficient (Wildman–Crippen LogP) is 0.380. The molecule has 0 aliphatic heterocycles. The lowest BCUT2D eigenvalue weighted by Crippen LogP contribution is -2.26. The third-order valence-electron chi connectivity index (χ3n) is 2.00. The molecule has 0 bridgehead atoms. The van der Waals surface area contributed by atoms with Gasteiger partial charge in [0.25, 0.3) is 5.56 Å². The van der Waals surface area contributed by atoms with Gasteiger partial charge in [0.15, 0.2) is 5.78 Å². The normalized spacial score (nSPS) is 10.5. The lowest BCUT2D eigenvalue weighted by molar-refractivity contribution is -0.117. The molecule has 5 heteroatoms. The fraction of sp³-hybridized carbons (Fsp3) is 0.200. The first-order valence-electron chi connectivity index (χ1n) is 4.50. The van der Waals surface area contributed by atoms with E-state index in [0.717, 1.165) is 4.68 Å². The van der Waals surface area contributed by atoms with Gasteiger partial charge in [-0.15, -0.1) is 5.10 Å². The number of aromatic nitrogens is 3. The SMILES string of the molecule is CC(=O)Cn1nnc2ccccc2c1=O. The Hall–Kier alpha value is -2.04. The Morgan fingerprint density at radius 1 is 1.40 bits per heavy atom. The third-order valence-corrected chi connectivity index (χ3v) is 2.00. The first-order chi connectivity index (χ1) is 7.18. The number of carbonyl (C=O) groups excluding carboxylic acids is 1. The van der Waals surface area contributed by atoms with Crippen molar-refractivity contribution in [3.63, 3.8) is 0 Å². The van der Waals surface area contributed by atoms with Gasteiger partial charge in [0.2, 0.25) is 0 Å². The molecule has 0 aliphatic carbocycles. The van der Waals surface area contributed by atoms with Gasteiger partial charge in [0.1, 0.15) is 12.1 Å². The smallest absolute Gasteiger partial charge is 0.278 e. The van der Waals surface area contributed by atoms with Crippen LogP contribution in [0.15, 0.2) is 29.1 Å². The van der Waals surface area contributed by atoms with Crippen LogP contribution in [0.2, 0.25) is 0 Å². The summed E-state index contributed by atoms with van der Waals surface area (Å²) < 4.78 is 1.07.